The van der Waals surface area contributed by atoms with Crippen molar-refractivity contribution in [3.8, 4) is 12.1 Å². The van der Waals surface area contributed by atoms with Gasteiger partial charge in [0.15, 0.2) is 5.69 Å². The van der Waals surface area contributed by atoms with Gasteiger partial charge in [0.1, 0.15) is 36.3 Å². The van der Waals surface area contributed by atoms with E-state index < -0.39 is 24.4 Å². The van der Waals surface area contributed by atoms with Crippen LogP contribution in [0.5, 0.6) is 0 Å². The van der Waals surface area contributed by atoms with Gasteiger partial charge >= 0.3 is 0 Å². The Hall–Kier alpha value is -4.31. The van der Waals surface area contributed by atoms with E-state index >= 15 is 0 Å². The van der Waals surface area contributed by atoms with Crippen molar-refractivity contribution in [1.29, 1.82) is 10.5 Å². The second-order valence-electron chi connectivity index (χ2n) is 9.51. The Labute approximate surface area is 233 Å². The number of benzene rings is 3. The number of nitriles is 2. The number of hydrogen-bond donors (Lipinski definition) is 1. The highest BCUT2D eigenvalue weighted by Crippen LogP contribution is 2.38. The molecule has 3 aromatic carbocycles. The Morgan fingerprint density at radius 3 is 1.85 bits per heavy atom. The van der Waals surface area contributed by atoms with Crippen LogP contribution in [0.2, 0.25) is 0 Å². The van der Waals surface area contributed by atoms with Gasteiger partial charge in [-0.25, -0.2) is 4.98 Å². The maximum Gasteiger partial charge on any atom is 0.162 e. The minimum absolute atomic E-state index is 0.0374. The number of aromatic amines is 1. The first kappa shape index (κ1) is 27.3. The summed E-state index contributed by atoms with van der Waals surface area (Å²) in [5.74, 6) is 0.429. The third-order valence-electron chi connectivity index (χ3n) is 6.70. The second kappa shape index (κ2) is 13.7. The topological polar surface area (TPSA) is 113 Å². The average Bonchev–Trinajstić information content (AvgIpc) is 3.57. The van der Waals surface area contributed by atoms with Crippen LogP contribution in [0.3, 0.4) is 0 Å². The molecule has 2 heterocycles. The highest BCUT2D eigenvalue weighted by molar-refractivity contribution is 5.30. The maximum absolute atomic E-state index is 9.60. The summed E-state index contributed by atoms with van der Waals surface area (Å²) in [7, 11) is 0. The van der Waals surface area contributed by atoms with Crippen molar-refractivity contribution in [2.45, 2.75) is 50.7 Å². The Kier molecular flexibility index (Phi) is 9.31. The Balaban J connectivity index is 1.41. The number of hydrogen-bond acceptors (Lipinski definition) is 7. The van der Waals surface area contributed by atoms with Crippen LogP contribution >= 0.6 is 0 Å². The second-order valence-corrected chi connectivity index (χ2v) is 9.51. The van der Waals surface area contributed by atoms with Crippen molar-refractivity contribution >= 4 is 0 Å². The number of H-pyrrole nitrogens is 1. The summed E-state index contributed by atoms with van der Waals surface area (Å²) in [6.45, 7) is 1.40. The molecule has 1 aliphatic rings. The minimum atomic E-state index is -0.658. The van der Waals surface area contributed by atoms with Crippen LogP contribution in [-0.2, 0) is 45.2 Å². The van der Waals surface area contributed by atoms with E-state index in [2.05, 4.69) is 22.1 Å². The van der Waals surface area contributed by atoms with Crippen molar-refractivity contribution in [2.24, 2.45) is 0 Å². The molecule has 1 saturated heterocycles. The quantitative estimate of drug-likeness (QED) is 0.267. The zero-order chi connectivity index (χ0) is 27.6. The third kappa shape index (κ3) is 6.81. The highest BCUT2D eigenvalue weighted by atomic mass is 16.6. The first-order chi connectivity index (χ1) is 19.7. The van der Waals surface area contributed by atoms with Crippen LogP contribution in [0.15, 0.2) is 91.0 Å². The molecule has 0 unspecified atom stereocenters. The fourth-order valence-electron chi connectivity index (χ4n) is 4.73. The molecule has 1 aromatic heterocycles. The van der Waals surface area contributed by atoms with E-state index in [0.717, 1.165) is 16.7 Å². The first-order valence-corrected chi connectivity index (χ1v) is 13.2. The van der Waals surface area contributed by atoms with Crippen LogP contribution in [0.25, 0.3) is 0 Å². The molecule has 0 aliphatic carbocycles. The van der Waals surface area contributed by atoms with Gasteiger partial charge in [0, 0.05) is 0 Å². The molecule has 4 atom stereocenters. The number of nitrogens with one attached hydrogen (secondary N) is 1. The summed E-state index contributed by atoms with van der Waals surface area (Å²) >= 11 is 0. The molecule has 0 bridgehead atoms. The standard InChI is InChI=1S/C32H30N4O4/c33-17-16-26-27(18-34)36-32(35-26)31-30(39-21-25-14-8-3-9-15-25)29(38-20-24-12-6-2-7-13-24)28(40-31)22-37-19-23-10-4-1-5-11-23/h1-15,28-31H,16,19-22H2,(H,35,36)/t28-,29-,30+,31-/m1/s1. The van der Waals surface area contributed by atoms with Gasteiger partial charge in [-0.3, -0.25) is 0 Å². The summed E-state index contributed by atoms with van der Waals surface area (Å²) in [6.07, 6.45) is -2.13. The van der Waals surface area contributed by atoms with Crippen LogP contribution in [0.1, 0.15) is 40.0 Å². The van der Waals surface area contributed by atoms with Gasteiger partial charge in [-0.15, -0.1) is 0 Å². The van der Waals surface area contributed by atoms with E-state index in [4.69, 9.17) is 18.9 Å². The van der Waals surface area contributed by atoms with E-state index in [1.54, 1.807) is 0 Å². The van der Waals surface area contributed by atoms with Gasteiger partial charge in [-0.2, -0.15) is 10.5 Å². The average molecular weight is 535 g/mol. The predicted molar refractivity (Wildman–Crippen MR) is 146 cm³/mol. The lowest BCUT2D eigenvalue weighted by Crippen LogP contribution is -2.38. The van der Waals surface area contributed by atoms with Gasteiger partial charge in [-0.1, -0.05) is 91.0 Å². The molecule has 0 amide bonds. The van der Waals surface area contributed by atoms with Crippen molar-refractivity contribution in [3.63, 3.8) is 0 Å². The molecular formula is C32H30N4O4. The number of aromatic nitrogens is 2. The van der Waals surface area contributed by atoms with Gasteiger partial charge in [0.2, 0.25) is 0 Å². The van der Waals surface area contributed by atoms with Crippen molar-refractivity contribution < 1.29 is 18.9 Å². The van der Waals surface area contributed by atoms with E-state index in [9.17, 15) is 10.5 Å². The monoisotopic (exact) mass is 534 g/mol. The zero-order valence-electron chi connectivity index (χ0n) is 22.0. The Morgan fingerprint density at radius 1 is 0.750 bits per heavy atom. The number of ether oxygens (including phenoxy) is 4. The normalized spacial score (nSPS) is 20.1. The smallest absolute Gasteiger partial charge is 0.162 e. The molecule has 1 N–H and O–H groups in total. The SMILES string of the molecule is N#CCc1[nH]c([C@@H]2O[C@H](COCc3ccccc3)[C@@H](OCc3ccccc3)[C@@H]2OCc2ccccc2)nc1C#N. The van der Waals surface area contributed by atoms with E-state index in [-0.39, 0.29) is 18.7 Å². The largest absolute Gasteiger partial charge is 0.374 e. The molecule has 1 fully saturated rings. The van der Waals surface area contributed by atoms with Crippen molar-refractivity contribution in [1.82, 2.24) is 9.97 Å². The lowest BCUT2D eigenvalue weighted by Gasteiger charge is -2.25. The van der Waals surface area contributed by atoms with Crippen LogP contribution in [0, 0.1) is 22.7 Å². The number of nitrogens with zero attached hydrogens (tertiary/aromatic N) is 3. The van der Waals surface area contributed by atoms with Gasteiger partial charge in [-0.05, 0) is 16.7 Å². The fraction of sp³-hybridized carbons (Fsp3) is 0.281. The third-order valence-corrected chi connectivity index (χ3v) is 6.70. The summed E-state index contributed by atoms with van der Waals surface area (Å²) in [4.78, 5) is 7.62. The highest BCUT2D eigenvalue weighted by Gasteiger charge is 2.48. The van der Waals surface area contributed by atoms with Crippen molar-refractivity contribution in [2.75, 3.05) is 6.61 Å². The van der Waals surface area contributed by atoms with Crippen LogP contribution < -0.4 is 0 Å². The van der Waals surface area contributed by atoms with Crippen molar-refractivity contribution in [3.05, 3.63) is 125 Å². The zero-order valence-corrected chi connectivity index (χ0v) is 22.0. The van der Waals surface area contributed by atoms with Crippen LogP contribution in [-0.4, -0.2) is 34.9 Å². The Bertz CT molecular complexity index is 1430. The molecule has 0 radical (unpaired) electrons. The van der Waals surface area contributed by atoms with Gasteiger partial charge in [0.05, 0.1) is 44.6 Å². The number of imidazole rings is 1. The van der Waals surface area contributed by atoms with Gasteiger partial charge < -0.3 is 23.9 Å². The molecule has 5 rings (SSSR count). The summed E-state index contributed by atoms with van der Waals surface area (Å²) in [5.41, 5.74) is 3.72. The summed E-state index contributed by atoms with van der Waals surface area (Å²) in [6, 6.07) is 33.9. The molecular weight excluding hydrogens is 504 g/mol. The van der Waals surface area contributed by atoms with Crippen LogP contribution in [0.4, 0.5) is 0 Å². The molecule has 8 nitrogen and oxygen atoms in total. The molecule has 0 spiro atoms. The molecule has 8 heteroatoms. The van der Waals surface area contributed by atoms with E-state index in [1.165, 1.54) is 0 Å². The summed E-state index contributed by atoms with van der Waals surface area (Å²) < 4.78 is 25.6. The predicted octanol–water partition coefficient (Wildman–Crippen LogP) is 5.17. The van der Waals surface area contributed by atoms with Gasteiger partial charge in [0.25, 0.3) is 0 Å². The van der Waals surface area contributed by atoms with E-state index in [0.29, 0.717) is 31.3 Å². The van der Waals surface area contributed by atoms with E-state index in [1.807, 2.05) is 91.0 Å². The maximum atomic E-state index is 9.60. The Morgan fingerprint density at radius 2 is 1.30 bits per heavy atom. The lowest BCUT2D eigenvalue weighted by molar-refractivity contribution is -0.0899. The summed E-state index contributed by atoms with van der Waals surface area (Å²) in [5, 5.41) is 18.8. The number of rotatable bonds is 12. The fourth-order valence-corrected chi connectivity index (χ4v) is 4.73. The molecule has 0 saturated carbocycles. The lowest BCUT2D eigenvalue weighted by atomic mass is 10.1. The first-order valence-electron chi connectivity index (χ1n) is 13.2. The minimum Gasteiger partial charge on any atom is -0.374 e. The molecule has 1 aliphatic heterocycles. The molecule has 202 valence electrons. The molecule has 4 aromatic rings. The molecule has 40 heavy (non-hydrogen) atoms.